The number of nitrogens with one attached hydrogen (secondary N) is 2. The van der Waals surface area contributed by atoms with E-state index in [9.17, 15) is 4.79 Å². The number of halogens is 2. The number of amides is 1. The number of hydrogen-bond donors (Lipinski definition) is 3. The molecule has 8 heteroatoms. The molecule has 0 radical (unpaired) electrons. The van der Waals surface area contributed by atoms with E-state index in [1.807, 2.05) is 0 Å². The van der Waals surface area contributed by atoms with Crippen molar-refractivity contribution < 1.29 is 9.53 Å². The van der Waals surface area contributed by atoms with Crippen LogP contribution < -0.4 is 15.9 Å². The Hall–Kier alpha value is -2.18. The average Bonchev–Trinajstić information content (AvgIpc) is 2.98. The van der Waals surface area contributed by atoms with E-state index in [2.05, 4.69) is 15.5 Å². The first-order valence-corrected chi connectivity index (χ1v) is 6.65. The second-order valence-corrected chi connectivity index (χ2v) is 4.83. The highest BCUT2D eigenvalue weighted by Crippen LogP contribution is 2.27. The minimum absolute atomic E-state index is 0.0215. The molecule has 0 unspecified atom stereocenters. The third-order valence-corrected chi connectivity index (χ3v) is 2.94. The lowest BCUT2D eigenvalue weighted by Crippen LogP contribution is -2.27. The Balaban J connectivity index is 1.88. The predicted molar refractivity (Wildman–Crippen MR) is 81.8 cm³/mol. The van der Waals surface area contributed by atoms with Crippen LogP contribution in [0.4, 0.5) is 0 Å². The van der Waals surface area contributed by atoms with Crippen molar-refractivity contribution in [1.29, 1.82) is 0 Å². The van der Waals surface area contributed by atoms with E-state index in [1.165, 1.54) is 0 Å². The molecule has 2 aromatic rings. The molecule has 0 spiro atoms. The van der Waals surface area contributed by atoms with Crippen LogP contribution in [0.3, 0.4) is 0 Å². The number of benzene rings is 1. The topological polar surface area (TPSA) is 92.5 Å². The summed E-state index contributed by atoms with van der Waals surface area (Å²) in [7, 11) is 0. The molecular weight excluding hydrogens is 315 g/mol. The summed E-state index contributed by atoms with van der Waals surface area (Å²) >= 11 is 11.7. The molecule has 6 nitrogen and oxygen atoms in total. The number of hydrogen-bond acceptors (Lipinski definition) is 3. The van der Waals surface area contributed by atoms with E-state index in [0.717, 1.165) is 0 Å². The van der Waals surface area contributed by atoms with Crippen molar-refractivity contribution in [1.82, 2.24) is 10.4 Å². The molecule has 0 atom stereocenters. The van der Waals surface area contributed by atoms with Crippen molar-refractivity contribution in [2.24, 2.45) is 10.8 Å². The molecule has 1 heterocycles. The molecule has 0 aliphatic carbocycles. The standard InChI is InChI=1S/C13H12Cl2N4O2/c14-8-3-4-11(9(15)6-8)21-7-12(16)18-19-13(20)10-2-1-5-17-10/h1-6,17H,7H2,(H2,16,18)(H,19,20). The molecule has 110 valence electrons. The zero-order chi connectivity index (χ0) is 15.2. The first-order chi connectivity index (χ1) is 10.1. The van der Waals surface area contributed by atoms with Gasteiger partial charge < -0.3 is 15.5 Å². The van der Waals surface area contributed by atoms with Gasteiger partial charge in [0.25, 0.3) is 5.91 Å². The zero-order valence-corrected chi connectivity index (χ0v) is 12.3. The number of aromatic nitrogens is 1. The van der Waals surface area contributed by atoms with Gasteiger partial charge in [-0.15, -0.1) is 0 Å². The normalized spacial score (nSPS) is 11.2. The highest BCUT2D eigenvalue weighted by atomic mass is 35.5. The number of H-pyrrole nitrogens is 1. The summed E-state index contributed by atoms with van der Waals surface area (Å²) < 4.78 is 5.37. The monoisotopic (exact) mass is 326 g/mol. The number of nitrogens with zero attached hydrogens (tertiary/aromatic N) is 1. The number of amidine groups is 1. The molecular formula is C13H12Cl2N4O2. The third kappa shape index (κ3) is 4.40. The number of hydrazone groups is 1. The summed E-state index contributed by atoms with van der Waals surface area (Å²) in [6.45, 7) is -0.0215. The molecule has 2 rings (SSSR count). The van der Waals surface area contributed by atoms with Crippen LogP contribution in [0.1, 0.15) is 10.5 Å². The maximum absolute atomic E-state index is 11.6. The van der Waals surface area contributed by atoms with Crippen molar-refractivity contribution in [3.8, 4) is 5.75 Å². The minimum atomic E-state index is -0.396. The van der Waals surface area contributed by atoms with E-state index in [-0.39, 0.29) is 12.4 Å². The number of ether oxygens (including phenoxy) is 1. The van der Waals surface area contributed by atoms with Crippen molar-refractivity contribution in [2.75, 3.05) is 6.61 Å². The lowest BCUT2D eigenvalue weighted by molar-refractivity contribution is 0.0950. The number of carbonyl (C=O) groups excluding carboxylic acids is 1. The highest BCUT2D eigenvalue weighted by Gasteiger charge is 2.06. The summed E-state index contributed by atoms with van der Waals surface area (Å²) in [4.78, 5) is 14.3. The summed E-state index contributed by atoms with van der Waals surface area (Å²) in [6.07, 6.45) is 1.63. The fourth-order valence-corrected chi connectivity index (χ4v) is 1.89. The SMILES string of the molecule is NC(COc1ccc(Cl)cc1Cl)=NNC(=O)c1ccc[nH]1. The zero-order valence-electron chi connectivity index (χ0n) is 10.8. The van der Waals surface area contributed by atoms with Crippen molar-refractivity contribution in [2.45, 2.75) is 0 Å². The Kier molecular flexibility index (Phi) is 5.08. The van der Waals surface area contributed by atoms with Crippen LogP contribution in [-0.4, -0.2) is 23.3 Å². The first-order valence-electron chi connectivity index (χ1n) is 5.90. The van der Waals surface area contributed by atoms with Gasteiger partial charge in [-0.3, -0.25) is 4.79 Å². The molecule has 1 amide bonds. The van der Waals surface area contributed by atoms with Gasteiger partial charge in [0.05, 0.1) is 5.02 Å². The quantitative estimate of drug-likeness (QED) is 0.447. The largest absolute Gasteiger partial charge is 0.484 e. The maximum atomic E-state index is 11.6. The van der Waals surface area contributed by atoms with Crippen LogP contribution in [0.25, 0.3) is 0 Å². The molecule has 21 heavy (non-hydrogen) atoms. The molecule has 0 fully saturated rings. The Morgan fingerprint density at radius 2 is 2.19 bits per heavy atom. The van der Waals surface area contributed by atoms with Crippen molar-refractivity contribution >= 4 is 34.9 Å². The number of carbonyl (C=O) groups is 1. The Labute approximate surface area is 130 Å². The van der Waals surface area contributed by atoms with Gasteiger partial charge in [0, 0.05) is 11.2 Å². The van der Waals surface area contributed by atoms with Gasteiger partial charge in [0.2, 0.25) is 0 Å². The minimum Gasteiger partial charge on any atom is -0.484 e. The van der Waals surface area contributed by atoms with Crippen LogP contribution in [0.15, 0.2) is 41.6 Å². The van der Waals surface area contributed by atoms with Gasteiger partial charge in [0.1, 0.15) is 18.1 Å². The summed E-state index contributed by atoms with van der Waals surface area (Å²) in [5, 5.41) is 4.60. The molecule has 1 aromatic carbocycles. The molecule has 0 bridgehead atoms. The average molecular weight is 327 g/mol. The van der Waals surface area contributed by atoms with Crippen LogP contribution in [0, 0.1) is 0 Å². The van der Waals surface area contributed by atoms with Crippen LogP contribution in [0.2, 0.25) is 10.0 Å². The van der Waals surface area contributed by atoms with Crippen LogP contribution >= 0.6 is 23.2 Å². The lowest BCUT2D eigenvalue weighted by atomic mass is 10.3. The third-order valence-electron chi connectivity index (χ3n) is 2.41. The molecule has 0 saturated heterocycles. The Morgan fingerprint density at radius 1 is 1.38 bits per heavy atom. The maximum Gasteiger partial charge on any atom is 0.287 e. The molecule has 0 aliphatic heterocycles. The fourth-order valence-electron chi connectivity index (χ4n) is 1.43. The highest BCUT2D eigenvalue weighted by molar-refractivity contribution is 6.35. The second kappa shape index (κ2) is 7.01. The van der Waals surface area contributed by atoms with Gasteiger partial charge in [-0.2, -0.15) is 5.10 Å². The number of nitrogens with two attached hydrogens (primary N) is 1. The van der Waals surface area contributed by atoms with Gasteiger partial charge in [-0.1, -0.05) is 23.2 Å². The Bertz CT molecular complexity index is 656. The Morgan fingerprint density at radius 3 is 2.86 bits per heavy atom. The molecule has 4 N–H and O–H groups in total. The van der Waals surface area contributed by atoms with Gasteiger partial charge >= 0.3 is 0 Å². The van der Waals surface area contributed by atoms with E-state index < -0.39 is 5.91 Å². The summed E-state index contributed by atoms with van der Waals surface area (Å²) in [5.74, 6) is 0.128. The molecule has 0 saturated carbocycles. The smallest absolute Gasteiger partial charge is 0.287 e. The van der Waals surface area contributed by atoms with Crippen molar-refractivity contribution in [3.63, 3.8) is 0 Å². The lowest BCUT2D eigenvalue weighted by Gasteiger charge is -2.07. The van der Waals surface area contributed by atoms with E-state index in [4.69, 9.17) is 33.7 Å². The van der Waals surface area contributed by atoms with Crippen LogP contribution in [-0.2, 0) is 0 Å². The second-order valence-electron chi connectivity index (χ2n) is 3.99. The predicted octanol–water partition coefficient (Wildman–Crippen LogP) is 2.40. The summed E-state index contributed by atoms with van der Waals surface area (Å²) in [6, 6.07) is 8.13. The van der Waals surface area contributed by atoms with Crippen molar-refractivity contribution in [3.05, 3.63) is 52.3 Å². The number of aromatic amines is 1. The fraction of sp³-hybridized carbons (Fsp3) is 0.0769. The van der Waals surface area contributed by atoms with E-state index >= 15 is 0 Å². The first kappa shape index (κ1) is 15.2. The van der Waals surface area contributed by atoms with Gasteiger partial charge in [0.15, 0.2) is 5.84 Å². The van der Waals surface area contributed by atoms with Gasteiger partial charge in [-0.05, 0) is 30.3 Å². The molecule has 0 aliphatic rings. The van der Waals surface area contributed by atoms with Gasteiger partial charge in [-0.25, -0.2) is 5.43 Å². The van der Waals surface area contributed by atoms with Crippen LogP contribution in [0.5, 0.6) is 5.75 Å². The number of rotatable bonds is 5. The molecule has 1 aromatic heterocycles. The van der Waals surface area contributed by atoms with E-state index in [1.54, 1.807) is 36.5 Å². The summed E-state index contributed by atoms with van der Waals surface area (Å²) in [5.41, 5.74) is 8.32. The van der Waals surface area contributed by atoms with E-state index in [0.29, 0.717) is 21.5 Å².